The number of hydrogen-bond donors (Lipinski definition) is 0. The number of halogens is 1. The van der Waals surface area contributed by atoms with Gasteiger partial charge in [-0.05, 0) is 61.4 Å². The van der Waals surface area contributed by atoms with Crippen LogP contribution in [0.15, 0.2) is 59.1 Å². The van der Waals surface area contributed by atoms with Crippen LogP contribution in [0.2, 0.25) is 0 Å². The fourth-order valence-corrected chi connectivity index (χ4v) is 3.31. The molecule has 3 rings (SSSR count). The Morgan fingerprint density at radius 2 is 1.89 bits per heavy atom. The van der Waals surface area contributed by atoms with Crippen molar-refractivity contribution in [3.63, 3.8) is 0 Å². The van der Waals surface area contributed by atoms with E-state index < -0.39 is 4.92 Å². The fraction of sp³-hybridized carbons (Fsp3) is 0.0952. The number of aromatic nitrogens is 1. The van der Waals surface area contributed by atoms with Crippen LogP contribution in [0.5, 0.6) is 0 Å². The van der Waals surface area contributed by atoms with Gasteiger partial charge < -0.3 is 4.57 Å². The first-order valence-electron chi connectivity index (χ1n) is 8.22. The Morgan fingerprint density at radius 3 is 2.52 bits per heavy atom. The third-order valence-electron chi connectivity index (χ3n) is 4.34. The predicted molar refractivity (Wildman–Crippen MR) is 110 cm³/mol. The second kappa shape index (κ2) is 7.60. The lowest BCUT2D eigenvalue weighted by Crippen LogP contribution is -1.98. The van der Waals surface area contributed by atoms with Crippen molar-refractivity contribution in [3.8, 4) is 11.8 Å². The Morgan fingerprint density at radius 1 is 1.19 bits per heavy atom. The van der Waals surface area contributed by atoms with Gasteiger partial charge in [-0.3, -0.25) is 10.1 Å². The average Bonchev–Trinajstić information content (AvgIpc) is 2.94. The Labute approximate surface area is 165 Å². The molecule has 0 spiro atoms. The van der Waals surface area contributed by atoms with Crippen LogP contribution >= 0.6 is 15.9 Å². The largest absolute Gasteiger partial charge is 0.318 e. The van der Waals surface area contributed by atoms with Gasteiger partial charge in [0.15, 0.2) is 0 Å². The maximum Gasteiger partial charge on any atom is 0.270 e. The van der Waals surface area contributed by atoms with E-state index in [1.165, 1.54) is 12.1 Å². The molecular formula is C21H16BrN3O2. The molecule has 27 heavy (non-hydrogen) atoms. The lowest BCUT2D eigenvalue weighted by atomic mass is 10.0. The van der Waals surface area contributed by atoms with Gasteiger partial charge in [0.1, 0.15) is 0 Å². The molecule has 3 aromatic rings. The zero-order chi connectivity index (χ0) is 19.6. The van der Waals surface area contributed by atoms with E-state index in [0.29, 0.717) is 11.1 Å². The van der Waals surface area contributed by atoms with Gasteiger partial charge in [0.25, 0.3) is 5.69 Å². The van der Waals surface area contributed by atoms with Gasteiger partial charge in [0.05, 0.1) is 16.6 Å². The topological polar surface area (TPSA) is 71.9 Å². The Balaban J connectivity index is 2.07. The Bertz CT molecular complexity index is 1090. The summed E-state index contributed by atoms with van der Waals surface area (Å²) >= 11 is 3.44. The number of non-ortho nitro benzene ring substituents is 1. The number of hydrogen-bond acceptors (Lipinski definition) is 3. The molecule has 0 bridgehead atoms. The maximum atomic E-state index is 11.0. The highest BCUT2D eigenvalue weighted by molar-refractivity contribution is 9.10. The molecule has 0 saturated heterocycles. The van der Waals surface area contributed by atoms with Crippen molar-refractivity contribution >= 4 is 33.3 Å². The van der Waals surface area contributed by atoms with E-state index in [9.17, 15) is 15.4 Å². The minimum Gasteiger partial charge on any atom is -0.318 e. The molecule has 0 unspecified atom stereocenters. The molecule has 0 N–H and O–H groups in total. The van der Waals surface area contributed by atoms with Crippen molar-refractivity contribution in [2.75, 3.05) is 0 Å². The maximum absolute atomic E-state index is 11.0. The van der Waals surface area contributed by atoms with Gasteiger partial charge in [-0.15, -0.1) is 0 Å². The molecule has 134 valence electrons. The van der Waals surface area contributed by atoms with Gasteiger partial charge in [0, 0.05) is 33.7 Å². The van der Waals surface area contributed by atoms with E-state index in [4.69, 9.17) is 0 Å². The molecule has 0 radical (unpaired) electrons. The number of nitro benzene ring substituents is 1. The summed E-state index contributed by atoms with van der Waals surface area (Å²) in [5.41, 5.74) is 4.84. The smallest absolute Gasteiger partial charge is 0.270 e. The van der Waals surface area contributed by atoms with Crippen molar-refractivity contribution in [1.29, 1.82) is 5.26 Å². The Kier molecular flexibility index (Phi) is 5.24. The molecule has 0 aliphatic heterocycles. The van der Waals surface area contributed by atoms with E-state index in [2.05, 4.69) is 26.6 Å². The quantitative estimate of drug-likeness (QED) is 0.302. The highest BCUT2D eigenvalue weighted by Crippen LogP contribution is 2.27. The molecule has 6 heteroatoms. The first-order valence-corrected chi connectivity index (χ1v) is 9.01. The van der Waals surface area contributed by atoms with Crippen LogP contribution in [-0.4, -0.2) is 9.49 Å². The number of rotatable bonds is 4. The first-order chi connectivity index (χ1) is 12.9. The highest BCUT2D eigenvalue weighted by atomic mass is 79.9. The van der Waals surface area contributed by atoms with Crippen molar-refractivity contribution in [2.24, 2.45) is 0 Å². The van der Waals surface area contributed by atoms with Crippen LogP contribution in [0, 0.1) is 35.3 Å². The number of nitriles is 1. The van der Waals surface area contributed by atoms with Gasteiger partial charge in [-0.2, -0.15) is 5.26 Å². The number of benzene rings is 2. The third kappa shape index (κ3) is 3.83. The van der Waals surface area contributed by atoms with Crippen LogP contribution in [0.1, 0.15) is 22.5 Å². The molecule has 1 heterocycles. The minimum absolute atomic E-state index is 0.0333. The number of allylic oxidation sites excluding steroid dienone is 1. The van der Waals surface area contributed by atoms with E-state index in [1.807, 2.05) is 44.2 Å². The zero-order valence-electron chi connectivity index (χ0n) is 14.8. The summed E-state index contributed by atoms with van der Waals surface area (Å²) < 4.78 is 3.12. The first kappa shape index (κ1) is 18.6. The summed E-state index contributed by atoms with van der Waals surface area (Å²) in [6, 6.07) is 18.3. The number of aryl methyl sites for hydroxylation is 1. The SMILES string of the molecule is Cc1cc(C=C(C#N)c2cccc([N+](=O)[O-])c2)c(C)n1-c1ccc(Br)cc1. The van der Waals surface area contributed by atoms with Gasteiger partial charge in [0.2, 0.25) is 0 Å². The van der Waals surface area contributed by atoms with Crippen molar-refractivity contribution in [2.45, 2.75) is 13.8 Å². The number of nitro groups is 1. The van der Waals surface area contributed by atoms with Crippen LogP contribution in [0.25, 0.3) is 17.3 Å². The normalized spacial score (nSPS) is 11.3. The highest BCUT2D eigenvalue weighted by Gasteiger charge is 2.13. The van der Waals surface area contributed by atoms with E-state index in [0.717, 1.165) is 27.1 Å². The summed E-state index contributed by atoms with van der Waals surface area (Å²) in [5, 5.41) is 20.6. The molecule has 0 atom stereocenters. The minimum atomic E-state index is -0.460. The summed E-state index contributed by atoms with van der Waals surface area (Å²) in [6.07, 6.45) is 1.77. The summed E-state index contributed by atoms with van der Waals surface area (Å²) in [5.74, 6) is 0. The molecule has 5 nitrogen and oxygen atoms in total. The zero-order valence-corrected chi connectivity index (χ0v) is 16.4. The molecular weight excluding hydrogens is 406 g/mol. The van der Waals surface area contributed by atoms with E-state index in [-0.39, 0.29) is 5.69 Å². The molecule has 0 aliphatic carbocycles. The summed E-state index contributed by atoms with van der Waals surface area (Å²) in [7, 11) is 0. The molecule has 0 amide bonds. The van der Waals surface area contributed by atoms with Crippen molar-refractivity contribution < 1.29 is 4.92 Å². The second-order valence-electron chi connectivity index (χ2n) is 6.12. The monoisotopic (exact) mass is 421 g/mol. The fourth-order valence-electron chi connectivity index (χ4n) is 3.04. The van der Waals surface area contributed by atoms with Crippen LogP contribution < -0.4 is 0 Å². The lowest BCUT2D eigenvalue weighted by molar-refractivity contribution is -0.384. The second-order valence-corrected chi connectivity index (χ2v) is 7.03. The third-order valence-corrected chi connectivity index (χ3v) is 4.87. The van der Waals surface area contributed by atoms with Crippen LogP contribution in [-0.2, 0) is 0 Å². The lowest BCUT2D eigenvalue weighted by Gasteiger charge is -2.09. The van der Waals surface area contributed by atoms with Crippen LogP contribution in [0.4, 0.5) is 5.69 Å². The van der Waals surface area contributed by atoms with Gasteiger partial charge >= 0.3 is 0 Å². The van der Waals surface area contributed by atoms with Gasteiger partial charge in [-0.1, -0.05) is 28.1 Å². The molecule has 0 fully saturated rings. The summed E-state index contributed by atoms with van der Waals surface area (Å²) in [6.45, 7) is 4.00. The molecule has 0 aliphatic rings. The van der Waals surface area contributed by atoms with Crippen LogP contribution in [0.3, 0.4) is 0 Å². The van der Waals surface area contributed by atoms with Crippen molar-refractivity contribution in [1.82, 2.24) is 4.57 Å². The number of nitrogens with zero attached hydrogens (tertiary/aromatic N) is 3. The predicted octanol–water partition coefficient (Wildman–Crippen LogP) is 5.83. The van der Waals surface area contributed by atoms with E-state index >= 15 is 0 Å². The summed E-state index contributed by atoms with van der Waals surface area (Å²) in [4.78, 5) is 10.5. The standard InChI is InChI=1S/C21H16BrN3O2/c1-14-10-17(15(2)24(14)20-8-6-19(22)7-9-20)11-18(13-23)16-4-3-5-21(12-16)25(26)27/h3-12H,1-2H3. The van der Waals surface area contributed by atoms with E-state index in [1.54, 1.807) is 18.2 Å². The van der Waals surface area contributed by atoms with Gasteiger partial charge in [-0.25, -0.2) is 0 Å². The van der Waals surface area contributed by atoms with Crippen molar-refractivity contribution in [3.05, 3.63) is 91.7 Å². The average molecular weight is 422 g/mol. The Hall–Kier alpha value is -3.17. The molecule has 1 aromatic heterocycles. The molecule has 0 saturated carbocycles. The molecule has 2 aromatic carbocycles.